The van der Waals surface area contributed by atoms with Crippen molar-refractivity contribution in [1.29, 1.82) is 0 Å². The Morgan fingerprint density at radius 3 is 1.16 bits per heavy atom. The summed E-state index contributed by atoms with van der Waals surface area (Å²) in [5, 5.41) is 0. The lowest BCUT2D eigenvalue weighted by molar-refractivity contribution is 0.579. The second-order valence-corrected chi connectivity index (χ2v) is 16.2. The fourth-order valence-corrected chi connectivity index (χ4v) is 8.65. The van der Waals surface area contributed by atoms with E-state index in [2.05, 4.69) is 39.5 Å². The van der Waals surface area contributed by atoms with E-state index in [1.54, 1.807) is 12.1 Å². The molecule has 192 valence electrons. The zero-order valence-electron chi connectivity index (χ0n) is 23.3. The molecule has 0 spiro atoms. The van der Waals surface area contributed by atoms with Crippen molar-refractivity contribution in [3.63, 3.8) is 0 Å². The molecule has 0 amide bonds. The maximum atomic E-state index is 2.74. The van der Waals surface area contributed by atoms with Gasteiger partial charge in [0.15, 0.2) is 0 Å². The van der Waals surface area contributed by atoms with Crippen molar-refractivity contribution in [3.05, 3.63) is 12.2 Å². The summed E-state index contributed by atoms with van der Waals surface area (Å²) in [5.74, 6) is 0. The molecule has 0 rings (SSSR count). The SMILES string of the molecule is CCCCCCCC=CC[Si](C)(CCCCCCCCCC)CCCCCCCCCC. The van der Waals surface area contributed by atoms with Crippen molar-refractivity contribution >= 4 is 8.07 Å². The smallest absolute Gasteiger partial charge is 0.0542 e. The molecular weight excluding hydrogens is 400 g/mol. The highest BCUT2D eigenvalue weighted by Gasteiger charge is 2.24. The van der Waals surface area contributed by atoms with Gasteiger partial charge in [0.05, 0.1) is 8.07 Å². The third-order valence-corrected chi connectivity index (χ3v) is 11.9. The van der Waals surface area contributed by atoms with Gasteiger partial charge in [0.2, 0.25) is 0 Å². The van der Waals surface area contributed by atoms with Crippen molar-refractivity contribution in [2.24, 2.45) is 0 Å². The highest BCUT2D eigenvalue weighted by atomic mass is 28.3. The molecule has 0 heterocycles. The molecule has 0 bridgehead atoms. The van der Waals surface area contributed by atoms with Gasteiger partial charge < -0.3 is 0 Å². The Morgan fingerprint density at radius 1 is 0.406 bits per heavy atom. The summed E-state index contributed by atoms with van der Waals surface area (Å²) in [7, 11) is -1.08. The van der Waals surface area contributed by atoms with E-state index >= 15 is 0 Å². The molecule has 0 saturated heterocycles. The van der Waals surface area contributed by atoms with Crippen molar-refractivity contribution in [2.75, 3.05) is 0 Å². The Bertz CT molecular complexity index is 353. The lowest BCUT2D eigenvalue weighted by atomic mass is 10.1. The van der Waals surface area contributed by atoms with Gasteiger partial charge in [-0.25, -0.2) is 0 Å². The third kappa shape index (κ3) is 23.1. The molecule has 0 aliphatic carbocycles. The van der Waals surface area contributed by atoms with Gasteiger partial charge in [-0.05, 0) is 18.9 Å². The van der Waals surface area contributed by atoms with Crippen LogP contribution >= 0.6 is 0 Å². The first-order valence-electron chi connectivity index (χ1n) is 15.3. The molecule has 0 aliphatic rings. The lowest BCUT2D eigenvalue weighted by Crippen LogP contribution is -2.28. The van der Waals surface area contributed by atoms with E-state index in [-0.39, 0.29) is 0 Å². The van der Waals surface area contributed by atoms with Gasteiger partial charge in [-0.3, -0.25) is 0 Å². The third-order valence-electron chi connectivity index (χ3n) is 7.52. The van der Waals surface area contributed by atoms with E-state index in [4.69, 9.17) is 0 Å². The van der Waals surface area contributed by atoms with Gasteiger partial charge in [-0.15, -0.1) is 0 Å². The van der Waals surface area contributed by atoms with Crippen LogP contribution in [0.15, 0.2) is 12.2 Å². The Labute approximate surface area is 206 Å². The van der Waals surface area contributed by atoms with Crippen molar-refractivity contribution in [2.45, 2.75) is 187 Å². The van der Waals surface area contributed by atoms with Gasteiger partial charge in [0.25, 0.3) is 0 Å². The van der Waals surface area contributed by atoms with Gasteiger partial charge in [0, 0.05) is 0 Å². The van der Waals surface area contributed by atoms with Crippen LogP contribution in [0, 0.1) is 0 Å². The fourth-order valence-electron chi connectivity index (χ4n) is 5.05. The second kappa shape index (κ2) is 25.6. The second-order valence-electron chi connectivity index (χ2n) is 11.1. The number of unbranched alkanes of at least 4 members (excludes halogenated alkanes) is 19. The summed E-state index contributed by atoms with van der Waals surface area (Å²) in [6, 6.07) is 4.62. The zero-order chi connectivity index (χ0) is 23.6. The monoisotopic (exact) mass is 464 g/mol. The van der Waals surface area contributed by atoms with Crippen molar-refractivity contribution in [1.82, 2.24) is 0 Å². The first kappa shape index (κ1) is 32.0. The van der Waals surface area contributed by atoms with Crippen LogP contribution in [0.5, 0.6) is 0 Å². The number of allylic oxidation sites excluding steroid dienone is 2. The van der Waals surface area contributed by atoms with E-state index in [9.17, 15) is 0 Å². The number of hydrogen-bond donors (Lipinski definition) is 0. The molecule has 0 aromatic heterocycles. The molecule has 0 aliphatic heterocycles. The highest BCUT2D eigenvalue weighted by molar-refractivity contribution is 6.79. The van der Waals surface area contributed by atoms with E-state index in [1.807, 2.05) is 0 Å². The van der Waals surface area contributed by atoms with Crippen LogP contribution in [-0.2, 0) is 0 Å². The van der Waals surface area contributed by atoms with Gasteiger partial charge in [0.1, 0.15) is 0 Å². The quantitative estimate of drug-likeness (QED) is 0.0678. The summed E-state index contributed by atoms with van der Waals surface area (Å²) in [6.07, 6.45) is 37.0. The molecule has 0 radical (unpaired) electrons. The Balaban J connectivity index is 4.14. The predicted octanol–water partition coefficient (Wildman–Crippen LogP) is 12.3. The van der Waals surface area contributed by atoms with Gasteiger partial charge in [-0.1, -0.05) is 180 Å². The Morgan fingerprint density at radius 2 is 0.750 bits per heavy atom. The van der Waals surface area contributed by atoms with Crippen LogP contribution in [0.25, 0.3) is 0 Å². The molecule has 0 nitrogen and oxygen atoms in total. The number of hydrogen-bond acceptors (Lipinski definition) is 0. The minimum atomic E-state index is -1.08. The molecule has 0 fully saturated rings. The first-order valence-corrected chi connectivity index (χ1v) is 18.5. The van der Waals surface area contributed by atoms with Gasteiger partial charge in [-0.2, -0.15) is 0 Å². The summed E-state index contributed by atoms with van der Waals surface area (Å²) >= 11 is 0. The molecule has 32 heavy (non-hydrogen) atoms. The zero-order valence-corrected chi connectivity index (χ0v) is 24.3. The summed E-state index contributed by atoms with van der Waals surface area (Å²) in [5.41, 5.74) is 0. The highest BCUT2D eigenvalue weighted by Crippen LogP contribution is 2.28. The fraction of sp³-hybridized carbons (Fsp3) is 0.935. The van der Waals surface area contributed by atoms with E-state index in [0.717, 1.165) is 0 Å². The lowest BCUT2D eigenvalue weighted by Gasteiger charge is -2.26. The normalized spacial score (nSPS) is 12.2. The maximum absolute atomic E-state index is 2.74. The van der Waals surface area contributed by atoms with Crippen LogP contribution in [-0.4, -0.2) is 8.07 Å². The summed E-state index contributed by atoms with van der Waals surface area (Å²) in [6.45, 7) is 9.68. The summed E-state index contributed by atoms with van der Waals surface area (Å²) in [4.78, 5) is 0. The maximum Gasteiger partial charge on any atom is 0.0542 e. The van der Waals surface area contributed by atoms with E-state index < -0.39 is 8.07 Å². The number of rotatable bonds is 26. The average molecular weight is 465 g/mol. The molecule has 0 saturated carbocycles. The average Bonchev–Trinajstić information content (AvgIpc) is 2.79. The first-order chi connectivity index (χ1) is 15.7. The van der Waals surface area contributed by atoms with Crippen LogP contribution in [0.2, 0.25) is 24.7 Å². The minimum Gasteiger partial charge on any atom is -0.0912 e. The minimum absolute atomic E-state index is 1.08. The topological polar surface area (TPSA) is 0 Å². The van der Waals surface area contributed by atoms with E-state index in [1.165, 1.54) is 147 Å². The molecule has 0 N–H and O–H groups in total. The Kier molecular flexibility index (Phi) is 25.5. The van der Waals surface area contributed by atoms with Crippen molar-refractivity contribution in [3.8, 4) is 0 Å². The standard InChI is InChI=1S/C31H64Si/c1-5-8-11-14-17-20-23-26-29-32(4,30-27-24-21-18-15-12-9-6-2)31-28-25-22-19-16-13-10-7-3/h23,26H,5-22,24-25,27-31H2,1-4H3. The van der Waals surface area contributed by atoms with Gasteiger partial charge >= 0.3 is 0 Å². The molecule has 0 atom stereocenters. The predicted molar refractivity (Wildman–Crippen MR) is 154 cm³/mol. The van der Waals surface area contributed by atoms with Crippen molar-refractivity contribution < 1.29 is 0 Å². The van der Waals surface area contributed by atoms with Crippen LogP contribution < -0.4 is 0 Å². The molecular formula is C31H64Si. The molecule has 0 unspecified atom stereocenters. The molecule has 0 aromatic carbocycles. The Hall–Kier alpha value is -0.0431. The van der Waals surface area contributed by atoms with Crippen LogP contribution in [0.4, 0.5) is 0 Å². The largest absolute Gasteiger partial charge is 0.0912 e. The molecule has 0 aromatic rings. The summed E-state index contributed by atoms with van der Waals surface area (Å²) < 4.78 is 0. The van der Waals surface area contributed by atoms with Crippen LogP contribution in [0.1, 0.15) is 162 Å². The van der Waals surface area contributed by atoms with E-state index in [0.29, 0.717) is 0 Å². The van der Waals surface area contributed by atoms with Crippen LogP contribution in [0.3, 0.4) is 0 Å². The molecule has 1 heteroatoms.